The maximum Gasteiger partial charge on any atom is 0.155 e. The van der Waals surface area contributed by atoms with Crippen molar-refractivity contribution in [1.82, 2.24) is 0 Å². The Morgan fingerprint density at radius 1 is 1.00 bits per heavy atom. The molecule has 0 saturated heterocycles. The minimum Gasteiger partial charge on any atom is -0.228 e. The lowest BCUT2D eigenvalue weighted by molar-refractivity contribution is 0.461. The van der Waals surface area contributed by atoms with Crippen LogP contribution in [0.3, 0.4) is 0 Å². The van der Waals surface area contributed by atoms with Crippen LogP contribution >= 0.6 is 0 Å². The predicted molar refractivity (Wildman–Crippen MR) is 62.3 cm³/mol. The summed E-state index contributed by atoms with van der Waals surface area (Å²) in [5.41, 5.74) is 0. The van der Waals surface area contributed by atoms with Gasteiger partial charge in [0.1, 0.15) is 0 Å². The Morgan fingerprint density at radius 3 is 1.93 bits per heavy atom. The summed E-state index contributed by atoms with van der Waals surface area (Å²) >= 11 is 0. The van der Waals surface area contributed by atoms with Gasteiger partial charge in [0, 0.05) is 5.75 Å². The summed E-state index contributed by atoms with van der Waals surface area (Å²) in [7, 11) is -2.89. The van der Waals surface area contributed by atoms with Crippen LogP contribution in [0.4, 0.5) is 0 Å². The van der Waals surface area contributed by atoms with Crippen LogP contribution in [-0.4, -0.2) is 18.9 Å². The average Bonchev–Trinajstić information content (AvgIpc) is 2.15. The molecule has 0 aliphatic rings. The lowest BCUT2D eigenvalue weighted by Gasteiger charge is -2.28. The molecule has 0 amide bonds. The van der Waals surface area contributed by atoms with Crippen molar-refractivity contribution in [3.63, 3.8) is 0 Å². The van der Waals surface area contributed by atoms with Gasteiger partial charge in [-0.3, -0.25) is 0 Å². The number of sulfone groups is 1. The van der Waals surface area contributed by atoms with Gasteiger partial charge in [-0.1, -0.05) is 40.0 Å². The maximum absolute atomic E-state index is 11.9. The molecule has 0 heterocycles. The Hall–Kier alpha value is -0.0500. The monoisotopic (exact) mass is 220 g/mol. The van der Waals surface area contributed by atoms with Gasteiger partial charge in [-0.2, -0.15) is 0 Å². The van der Waals surface area contributed by atoms with Gasteiger partial charge in [0.2, 0.25) is 0 Å². The standard InChI is InChI=1S/C11H24O2S/c1-5-8-10-11(4,9-6-2)14(12,13)7-3/h5-10H2,1-4H3. The molecule has 0 bridgehead atoms. The zero-order valence-electron chi connectivity index (χ0n) is 9.97. The van der Waals surface area contributed by atoms with E-state index in [1.54, 1.807) is 6.92 Å². The van der Waals surface area contributed by atoms with Crippen LogP contribution in [0.15, 0.2) is 0 Å². The summed E-state index contributed by atoms with van der Waals surface area (Å²) in [6.07, 6.45) is 4.63. The van der Waals surface area contributed by atoms with E-state index in [-0.39, 0.29) is 5.75 Å². The fourth-order valence-electron chi connectivity index (χ4n) is 1.86. The Kier molecular flexibility index (Phi) is 5.72. The van der Waals surface area contributed by atoms with E-state index >= 15 is 0 Å². The highest BCUT2D eigenvalue weighted by atomic mass is 32.2. The highest BCUT2D eigenvalue weighted by Crippen LogP contribution is 2.29. The molecule has 1 atom stereocenters. The molecule has 0 aromatic rings. The SMILES string of the molecule is CCCCC(C)(CCC)S(=O)(=O)CC. The lowest BCUT2D eigenvalue weighted by atomic mass is 9.98. The van der Waals surface area contributed by atoms with Gasteiger partial charge >= 0.3 is 0 Å². The second-order valence-corrected chi connectivity index (χ2v) is 7.00. The zero-order chi connectivity index (χ0) is 11.2. The Labute approximate surface area is 89.0 Å². The van der Waals surface area contributed by atoms with E-state index in [1.165, 1.54) is 0 Å². The lowest BCUT2D eigenvalue weighted by Crippen LogP contribution is -2.36. The summed E-state index contributed by atoms with van der Waals surface area (Å²) in [6, 6.07) is 0. The predicted octanol–water partition coefficient (Wildman–Crippen LogP) is 3.17. The van der Waals surface area contributed by atoms with Crippen LogP contribution < -0.4 is 0 Å². The first-order valence-electron chi connectivity index (χ1n) is 5.65. The van der Waals surface area contributed by atoms with Crippen LogP contribution in [-0.2, 0) is 9.84 Å². The highest BCUT2D eigenvalue weighted by molar-refractivity contribution is 7.92. The van der Waals surface area contributed by atoms with Crippen LogP contribution in [0, 0.1) is 0 Å². The second-order valence-electron chi connectivity index (χ2n) is 4.21. The molecule has 0 aliphatic carbocycles. The van der Waals surface area contributed by atoms with Crippen molar-refractivity contribution in [2.75, 3.05) is 5.75 Å². The zero-order valence-corrected chi connectivity index (χ0v) is 10.8. The van der Waals surface area contributed by atoms with Crippen LogP contribution in [0.1, 0.15) is 59.8 Å². The van der Waals surface area contributed by atoms with Crippen LogP contribution in [0.25, 0.3) is 0 Å². The Balaban J connectivity index is 4.70. The summed E-state index contributed by atoms with van der Waals surface area (Å²) in [5.74, 6) is 0.271. The number of rotatable bonds is 7. The van der Waals surface area contributed by atoms with E-state index in [0.717, 1.165) is 32.1 Å². The molecule has 0 aromatic carbocycles. The summed E-state index contributed by atoms with van der Waals surface area (Å²) in [6.45, 7) is 7.81. The van der Waals surface area contributed by atoms with Crippen molar-refractivity contribution >= 4 is 9.84 Å². The third-order valence-electron chi connectivity index (χ3n) is 2.97. The van der Waals surface area contributed by atoms with E-state index in [2.05, 4.69) is 13.8 Å². The number of hydrogen-bond donors (Lipinski definition) is 0. The largest absolute Gasteiger partial charge is 0.228 e. The Bertz CT molecular complexity index is 244. The van der Waals surface area contributed by atoms with Crippen molar-refractivity contribution in [1.29, 1.82) is 0 Å². The third-order valence-corrected chi connectivity index (χ3v) is 5.64. The van der Waals surface area contributed by atoms with Gasteiger partial charge in [0.15, 0.2) is 9.84 Å². The van der Waals surface area contributed by atoms with E-state index in [1.807, 2.05) is 6.92 Å². The molecule has 2 nitrogen and oxygen atoms in total. The van der Waals surface area contributed by atoms with Crippen LogP contribution in [0.5, 0.6) is 0 Å². The van der Waals surface area contributed by atoms with Gasteiger partial charge in [0.25, 0.3) is 0 Å². The molecule has 0 spiro atoms. The second kappa shape index (κ2) is 5.74. The topological polar surface area (TPSA) is 34.1 Å². The normalized spacial score (nSPS) is 16.6. The number of hydrogen-bond acceptors (Lipinski definition) is 2. The van der Waals surface area contributed by atoms with Gasteiger partial charge in [-0.15, -0.1) is 0 Å². The summed E-state index contributed by atoms with van der Waals surface area (Å²) in [5, 5.41) is 0. The van der Waals surface area contributed by atoms with Crippen molar-refractivity contribution in [3.05, 3.63) is 0 Å². The van der Waals surface area contributed by atoms with Crippen molar-refractivity contribution in [3.8, 4) is 0 Å². The molecule has 0 aliphatic heterocycles. The Morgan fingerprint density at radius 2 is 1.57 bits per heavy atom. The molecular weight excluding hydrogens is 196 g/mol. The van der Waals surface area contributed by atoms with Crippen molar-refractivity contribution in [2.24, 2.45) is 0 Å². The molecule has 3 heteroatoms. The molecule has 86 valence electrons. The van der Waals surface area contributed by atoms with Crippen molar-refractivity contribution in [2.45, 2.75) is 64.5 Å². The van der Waals surface area contributed by atoms with E-state index in [4.69, 9.17) is 0 Å². The van der Waals surface area contributed by atoms with Gasteiger partial charge in [-0.25, -0.2) is 8.42 Å². The van der Waals surface area contributed by atoms with Gasteiger partial charge in [0.05, 0.1) is 4.75 Å². The van der Waals surface area contributed by atoms with E-state index in [9.17, 15) is 8.42 Å². The molecular formula is C11H24O2S. The molecule has 0 aromatic heterocycles. The maximum atomic E-state index is 11.9. The van der Waals surface area contributed by atoms with Crippen molar-refractivity contribution < 1.29 is 8.42 Å². The third kappa shape index (κ3) is 3.26. The van der Waals surface area contributed by atoms with Gasteiger partial charge in [-0.05, 0) is 19.8 Å². The fourth-order valence-corrected chi connectivity index (χ4v) is 3.53. The molecule has 0 N–H and O–H groups in total. The first-order valence-corrected chi connectivity index (χ1v) is 7.31. The summed E-state index contributed by atoms with van der Waals surface area (Å²) in [4.78, 5) is 0. The minimum absolute atomic E-state index is 0.271. The molecule has 0 saturated carbocycles. The summed E-state index contributed by atoms with van der Waals surface area (Å²) < 4.78 is 23.4. The molecule has 14 heavy (non-hydrogen) atoms. The first kappa shape index (κ1) is 13.9. The highest BCUT2D eigenvalue weighted by Gasteiger charge is 2.35. The van der Waals surface area contributed by atoms with E-state index < -0.39 is 14.6 Å². The van der Waals surface area contributed by atoms with Gasteiger partial charge < -0.3 is 0 Å². The first-order chi connectivity index (χ1) is 6.43. The average molecular weight is 220 g/mol. The van der Waals surface area contributed by atoms with E-state index in [0.29, 0.717) is 0 Å². The molecule has 0 rings (SSSR count). The van der Waals surface area contributed by atoms with Crippen LogP contribution in [0.2, 0.25) is 0 Å². The molecule has 0 radical (unpaired) electrons. The number of unbranched alkanes of at least 4 members (excludes halogenated alkanes) is 1. The minimum atomic E-state index is -2.89. The molecule has 0 fully saturated rings. The quantitative estimate of drug-likeness (QED) is 0.660. The fraction of sp³-hybridized carbons (Fsp3) is 1.00. The molecule has 1 unspecified atom stereocenters. The smallest absolute Gasteiger partial charge is 0.155 e.